The summed E-state index contributed by atoms with van der Waals surface area (Å²) in [6.45, 7) is 1.30. The molecule has 1 aromatic carbocycles. The third kappa shape index (κ3) is 5.26. The Labute approximate surface area is 159 Å². The Morgan fingerprint density at radius 1 is 1.15 bits per heavy atom. The van der Waals surface area contributed by atoms with E-state index < -0.39 is 32.1 Å². The number of amides is 2. The van der Waals surface area contributed by atoms with Crippen LogP contribution in [-0.4, -0.2) is 49.8 Å². The number of carbonyl (C=O) groups is 1. The first-order chi connectivity index (χ1) is 12.5. The molecule has 0 aromatic heterocycles. The molecule has 1 saturated heterocycles. The van der Waals surface area contributed by atoms with E-state index >= 15 is 0 Å². The van der Waals surface area contributed by atoms with Gasteiger partial charge in [-0.05, 0) is 43.5 Å². The Bertz CT molecular complexity index is 793. The monoisotopic (exact) mass is 425 g/mol. The summed E-state index contributed by atoms with van der Waals surface area (Å²) in [5.41, 5.74) is -0.510. The van der Waals surface area contributed by atoms with Crippen molar-refractivity contribution in [3.05, 3.63) is 29.8 Å². The number of hydrogen-bond acceptors (Lipinski definition) is 4. The minimum absolute atomic E-state index is 0.0468. The Balaban J connectivity index is 1.43. The molecular formula is C16H19ClF3N3O3S. The third-order valence-electron chi connectivity index (χ3n) is 4.87. The van der Waals surface area contributed by atoms with Gasteiger partial charge in [0.2, 0.25) is 9.05 Å². The zero-order valence-corrected chi connectivity index (χ0v) is 15.7. The number of carbonyl (C=O) groups excluding carboxylic acids is 1. The second kappa shape index (κ2) is 7.48. The normalized spacial score (nSPS) is 24.4. The molecule has 11 heteroatoms. The molecular weight excluding hydrogens is 407 g/mol. The van der Waals surface area contributed by atoms with Gasteiger partial charge in [0.15, 0.2) is 0 Å². The van der Waals surface area contributed by atoms with E-state index in [9.17, 15) is 26.4 Å². The summed E-state index contributed by atoms with van der Waals surface area (Å²) in [5.74, 6) is 0. The lowest BCUT2D eigenvalue weighted by Crippen LogP contribution is -2.47. The number of rotatable bonds is 4. The molecule has 1 saturated carbocycles. The van der Waals surface area contributed by atoms with Crippen LogP contribution in [0.4, 0.5) is 23.7 Å². The Hall–Kier alpha value is -1.52. The summed E-state index contributed by atoms with van der Waals surface area (Å²) >= 11 is 0. The SMILES string of the molecule is O=C(Nc1ccc(C(F)(F)F)cc1)NC1CCN(C2CC2S(=O)(=O)Cl)CC1. The molecule has 6 nitrogen and oxygen atoms in total. The maximum Gasteiger partial charge on any atom is 0.416 e. The van der Waals surface area contributed by atoms with Gasteiger partial charge >= 0.3 is 12.2 Å². The predicted octanol–water partition coefficient (Wildman–Crippen LogP) is 3.00. The van der Waals surface area contributed by atoms with Gasteiger partial charge in [0.25, 0.3) is 0 Å². The molecule has 3 rings (SSSR count). The van der Waals surface area contributed by atoms with Gasteiger partial charge in [-0.25, -0.2) is 13.2 Å². The maximum atomic E-state index is 12.5. The van der Waals surface area contributed by atoms with Crippen molar-refractivity contribution in [2.24, 2.45) is 0 Å². The number of benzene rings is 1. The van der Waals surface area contributed by atoms with Gasteiger partial charge in [0, 0.05) is 41.5 Å². The number of anilines is 1. The summed E-state index contributed by atoms with van der Waals surface area (Å²) in [7, 11) is 1.84. The summed E-state index contributed by atoms with van der Waals surface area (Å²) in [5, 5.41) is 4.80. The Kier molecular flexibility index (Phi) is 5.60. The Morgan fingerprint density at radius 3 is 2.22 bits per heavy atom. The zero-order valence-electron chi connectivity index (χ0n) is 14.2. The first-order valence-electron chi connectivity index (χ1n) is 8.46. The number of likely N-dealkylation sites (tertiary alicyclic amines) is 1. The molecule has 0 spiro atoms. The summed E-state index contributed by atoms with van der Waals surface area (Å²) < 4.78 is 60.2. The van der Waals surface area contributed by atoms with Crippen LogP contribution in [0.25, 0.3) is 0 Å². The first kappa shape index (κ1) is 20.2. The van der Waals surface area contributed by atoms with Crippen LogP contribution in [0, 0.1) is 0 Å². The standard InChI is InChI=1S/C16H19ClF3N3O3S/c17-27(25,26)14-9-13(14)23-7-5-12(6-8-23)22-15(24)21-11-3-1-10(2-4-11)16(18,19)20/h1-4,12-14H,5-9H2,(H2,21,22,24). The number of piperidine rings is 1. The smallest absolute Gasteiger partial charge is 0.335 e. The average molecular weight is 426 g/mol. The van der Waals surface area contributed by atoms with E-state index in [2.05, 4.69) is 15.5 Å². The largest absolute Gasteiger partial charge is 0.416 e. The molecule has 2 N–H and O–H groups in total. The van der Waals surface area contributed by atoms with Crippen LogP contribution >= 0.6 is 10.7 Å². The van der Waals surface area contributed by atoms with Gasteiger partial charge in [0.05, 0.1) is 10.8 Å². The van der Waals surface area contributed by atoms with Gasteiger partial charge in [-0.1, -0.05) is 0 Å². The quantitative estimate of drug-likeness (QED) is 0.727. The third-order valence-corrected chi connectivity index (χ3v) is 6.78. The number of urea groups is 1. The highest BCUT2D eigenvalue weighted by Gasteiger charge is 2.50. The molecule has 2 fully saturated rings. The van der Waals surface area contributed by atoms with Crippen molar-refractivity contribution in [2.45, 2.75) is 42.8 Å². The van der Waals surface area contributed by atoms with Gasteiger partial charge in [0.1, 0.15) is 0 Å². The molecule has 150 valence electrons. The lowest BCUT2D eigenvalue weighted by atomic mass is 10.1. The van der Waals surface area contributed by atoms with Crippen molar-refractivity contribution in [1.29, 1.82) is 0 Å². The molecule has 2 atom stereocenters. The van der Waals surface area contributed by atoms with Gasteiger partial charge in [-0.15, -0.1) is 0 Å². The van der Waals surface area contributed by atoms with E-state index in [4.69, 9.17) is 10.7 Å². The van der Waals surface area contributed by atoms with Crippen LogP contribution < -0.4 is 10.6 Å². The molecule has 27 heavy (non-hydrogen) atoms. The van der Waals surface area contributed by atoms with E-state index in [1.54, 1.807) is 0 Å². The van der Waals surface area contributed by atoms with Gasteiger partial charge in [-0.3, -0.25) is 4.90 Å². The zero-order chi connectivity index (χ0) is 19.8. The van der Waals surface area contributed by atoms with E-state index in [0.717, 1.165) is 12.1 Å². The Morgan fingerprint density at radius 2 is 1.74 bits per heavy atom. The van der Waals surface area contributed by atoms with Crippen LogP contribution in [0.5, 0.6) is 0 Å². The minimum Gasteiger partial charge on any atom is -0.335 e. The van der Waals surface area contributed by atoms with Crippen molar-refractivity contribution < 1.29 is 26.4 Å². The van der Waals surface area contributed by atoms with Crippen LogP contribution in [0.2, 0.25) is 0 Å². The molecule has 2 aliphatic rings. The molecule has 0 radical (unpaired) electrons. The topological polar surface area (TPSA) is 78.5 Å². The molecule has 2 unspecified atom stereocenters. The van der Waals surface area contributed by atoms with Crippen LogP contribution in [0.3, 0.4) is 0 Å². The maximum absolute atomic E-state index is 12.5. The molecule has 1 aromatic rings. The molecule has 1 aliphatic carbocycles. The van der Waals surface area contributed by atoms with Gasteiger partial charge < -0.3 is 10.6 Å². The fourth-order valence-corrected chi connectivity index (χ4v) is 4.87. The number of hydrogen-bond donors (Lipinski definition) is 2. The lowest BCUT2D eigenvalue weighted by Gasteiger charge is -2.32. The van der Waals surface area contributed by atoms with Crippen molar-refractivity contribution >= 4 is 31.5 Å². The van der Waals surface area contributed by atoms with Crippen molar-refractivity contribution in [1.82, 2.24) is 10.2 Å². The lowest BCUT2D eigenvalue weighted by molar-refractivity contribution is -0.137. The highest BCUT2D eigenvalue weighted by molar-refractivity contribution is 8.14. The predicted molar refractivity (Wildman–Crippen MR) is 95.2 cm³/mol. The molecule has 1 heterocycles. The number of halogens is 4. The van der Waals surface area contributed by atoms with E-state index in [0.29, 0.717) is 32.4 Å². The second-order valence-corrected chi connectivity index (χ2v) is 9.65. The highest BCUT2D eigenvalue weighted by atomic mass is 35.7. The minimum atomic E-state index is -4.42. The van der Waals surface area contributed by atoms with Crippen LogP contribution in [0.1, 0.15) is 24.8 Å². The van der Waals surface area contributed by atoms with Crippen LogP contribution in [-0.2, 0) is 15.2 Å². The second-order valence-electron chi connectivity index (χ2n) is 6.80. The van der Waals surface area contributed by atoms with Crippen molar-refractivity contribution in [3.63, 3.8) is 0 Å². The van der Waals surface area contributed by atoms with E-state index in [1.807, 2.05) is 0 Å². The molecule has 2 amide bonds. The number of nitrogens with one attached hydrogen (secondary N) is 2. The number of alkyl halides is 3. The van der Waals surface area contributed by atoms with Crippen molar-refractivity contribution in [2.75, 3.05) is 18.4 Å². The summed E-state index contributed by atoms with van der Waals surface area (Å²) in [6.07, 6.45) is -2.56. The fourth-order valence-electron chi connectivity index (χ4n) is 3.32. The van der Waals surface area contributed by atoms with Crippen molar-refractivity contribution in [3.8, 4) is 0 Å². The highest BCUT2D eigenvalue weighted by Crippen LogP contribution is 2.38. The first-order valence-corrected chi connectivity index (χ1v) is 10.8. The average Bonchev–Trinajstić information content (AvgIpc) is 3.36. The fraction of sp³-hybridized carbons (Fsp3) is 0.562. The number of nitrogens with zero attached hydrogens (tertiary/aromatic N) is 1. The van der Waals surface area contributed by atoms with E-state index in [-0.39, 0.29) is 17.8 Å². The molecule has 0 bridgehead atoms. The molecule has 1 aliphatic heterocycles. The summed E-state index contributed by atoms with van der Waals surface area (Å²) in [4.78, 5) is 14.1. The van der Waals surface area contributed by atoms with Gasteiger partial charge in [-0.2, -0.15) is 13.2 Å². The van der Waals surface area contributed by atoms with E-state index in [1.165, 1.54) is 12.1 Å². The van der Waals surface area contributed by atoms with Crippen LogP contribution in [0.15, 0.2) is 24.3 Å². The summed E-state index contributed by atoms with van der Waals surface area (Å²) in [6, 6.07) is 3.60.